The Morgan fingerprint density at radius 2 is 2.25 bits per heavy atom. The molecule has 28 heavy (non-hydrogen) atoms. The number of para-hydroxylation sites is 2. The Kier molecular flexibility index (Phi) is 6.11. The van der Waals surface area contributed by atoms with Gasteiger partial charge in [0.2, 0.25) is 0 Å². The maximum Gasteiger partial charge on any atom is 0.192 e. The van der Waals surface area contributed by atoms with Crippen molar-refractivity contribution < 1.29 is 14.3 Å². The predicted octanol–water partition coefficient (Wildman–Crippen LogP) is 2.82. The Balaban J connectivity index is 1.77. The number of nitrogens with one attached hydrogen (secondary N) is 1. The molecule has 9 heteroatoms. The summed E-state index contributed by atoms with van der Waals surface area (Å²) in [6.45, 7) is 5.94. The maximum atomic E-state index is 12.2. The second kappa shape index (κ2) is 8.71. The lowest BCUT2D eigenvalue weighted by Gasteiger charge is -2.26. The molecule has 3 rings (SSSR count). The van der Waals surface area contributed by atoms with Crippen LogP contribution in [0, 0.1) is 22.7 Å². The number of carbonyl (C=O) groups is 1. The Morgan fingerprint density at radius 3 is 2.93 bits per heavy atom. The van der Waals surface area contributed by atoms with Crippen LogP contribution in [0.2, 0.25) is 0 Å². The molecule has 0 amide bonds. The molecule has 1 aliphatic rings. The van der Waals surface area contributed by atoms with E-state index in [1.54, 1.807) is 6.08 Å². The standard InChI is InChI=1S/C19H19N5O3S/c1-3-8-24-18(17-10-26-15-6-4-5-7-16(15)27-17)22-23-19(24)28-11-14(25)13(9-20)12(2)21/h3-7,13,17,21H,1,8,10-11H2,2H3/t13?,17-/m0/s1. The summed E-state index contributed by atoms with van der Waals surface area (Å²) in [5.74, 6) is 0.543. The van der Waals surface area contributed by atoms with Crippen LogP contribution in [0.3, 0.4) is 0 Å². The van der Waals surface area contributed by atoms with Gasteiger partial charge >= 0.3 is 0 Å². The number of nitriles is 1. The molecule has 0 spiro atoms. The maximum absolute atomic E-state index is 12.2. The first-order chi connectivity index (χ1) is 13.5. The van der Waals surface area contributed by atoms with E-state index in [0.717, 1.165) is 0 Å². The first-order valence-electron chi connectivity index (χ1n) is 8.57. The predicted molar refractivity (Wildman–Crippen MR) is 104 cm³/mol. The van der Waals surface area contributed by atoms with Crippen LogP contribution in [0.4, 0.5) is 0 Å². The first kappa shape index (κ1) is 19.6. The van der Waals surface area contributed by atoms with Gasteiger partial charge in [-0.25, -0.2) is 0 Å². The summed E-state index contributed by atoms with van der Waals surface area (Å²) in [6, 6.07) is 9.26. The Hall–Kier alpha value is -3.12. The molecule has 1 aliphatic heterocycles. The third-order valence-corrected chi connectivity index (χ3v) is 5.07. The van der Waals surface area contributed by atoms with Crippen LogP contribution in [-0.2, 0) is 11.3 Å². The van der Waals surface area contributed by atoms with Gasteiger partial charge in [0.15, 0.2) is 34.4 Å². The van der Waals surface area contributed by atoms with Gasteiger partial charge in [-0.05, 0) is 19.1 Å². The minimum absolute atomic E-state index is 0.0224. The van der Waals surface area contributed by atoms with E-state index in [4.69, 9.17) is 20.1 Å². The number of ether oxygens (including phenoxy) is 2. The molecule has 0 saturated carbocycles. The Morgan fingerprint density at radius 1 is 1.50 bits per heavy atom. The normalized spacial score (nSPS) is 16.1. The fraction of sp³-hybridized carbons (Fsp3) is 0.316. The molecule has 0 radical (unpaired) electrons. The summed E-state index contributed by atoms with van der Waals surface area (Å²) in [7, 11) is 0. The smallest absolute Gasteiger partial charge is 0.192 e. The van der Waals surface area contributed by atoms with Gasteiger partial charge < -0.3 is 14.9 Å². The highest BCUT2D eigenvalue weighted by Gasteiger charge is 2.29. The molecule has 1 aromatic heterocycles. The average Bonchev–Trinajstić information content (AvgIpc) is 3.09. The topological polar surface area (TPSA) is 114 Å². The number of fused-ring (bicyclic) bond motifs is 1. The van der Waals surface area contributed by atoms with Crippen LogP contribution < -0.4 is 9.47 Å². The average molecular weight is 397 g/mol. The lowest BCUT2D eigenvalue weighted by Crippen LogP contribution is -2.25. The largest absolute Gasteiger partial charge is 0.485 e. The molecule has 0 aliphatic carbocycles. The minimum Gasteiger partial charge on any atom is -0.485 e. The quantitative estimate of drug-likeness (QED) is 0.414. The van der Waals surface area contributed by atoms with Crippen LogP contribution in [0.25, 0.3) is 0 Å². The number of nitrogens with zero attached hydrogens (tertiary/aromatic N) is 4. The third kappa shape index (κ3) is 4.07. The van der Waals surface area contributed by atoms with Crippen molar-refractivity contribution in [1.82, 2.24) is 14.8 Å². The monoisotopic (exact) mass is 397 g/mol. The molecule has 1 aromatic carbocycles. The fourth-order valence-electron chi connectivity index (χ4n) is 2.72. The van der Waals surface area contributed by atoms with Crippen molar-refractivity contribution in [3.63, 3.8) is 0 Å². The van der Waals surface area contributed by atoms with Crippen LogP contribution >= 0.6 is 11.8 Å². The number of aromatic nitrogens is 3. The van der Waals surface area contributed by atoms with E-state index in [1.165, 1.54) is 18.7 Å². The van der Waals surface area contributed by atoms with E-state index in [1.807, 2.05) is 34.9 Å². The van der Waals surface area contributed by atoms with Gasteiger partial charge in [-0.2, -0.15) is 5.26 Å². The Bertz CT molecular complexity index is 949. The van der Waals surface area contributed by atoms with E-state index >= 15 is 0 Å². The van der Waals surface area contributed by atoms with Gasteiger partial charge in [0.05, 0.1) is 11.8 Å². The molecule has 2 aromatic rings. The van der Waals surface area contributed by atoms with Crippen LogP contribution in [0.15, 0.2) is 42.1 Å². The number of hydrogen-bond acceptors (Lipinski definition) is 8. The molecule has 0 fully saturated rings. The highest BCUT2D eigenvalue weighted by Crippen LogP contribution is 2.36. The number of allylic oxidation sites excluding steroid dienone is 1. The van der Waals surface area contributed by atoms with Crippen molar-refractivity contribution in [2.75, 3.05) is 12.4 Å². The van der Waals surface area contributed by atoms with E-state index < -0.39 is 12.0 Å². The zero-order valence-electron chi connectivity index (χ0n) is 15.3. The lowest BCUT2D eigenvalue weighted by atomic mass is 10.0. The van der Waals surface area contributed by atoms with Gasteiger partial charge in [0.25, 0.3) is 0 Å². The molecule has 144 valence electrons. The van der Waals surface area contributed by atoms with Gasteiger partial charge in [0.1, 0.15) is 12.5 Å². The SMILES string of the molecule is C=CCn1c(SCC(=O)C(C#N)C(C)=N)nnc1[C@@H]1COc2ccccc2O1. The van der Waals surface area contributed by atoms with E-state index in [2.05, 4.69) is 16.8 Å². The Labute approximate surface area is 166 Å². The highest BCUT2D eigenvalue weighted by molar-refractivity contribution is 7.99. The summed E-state index contributed by atoms with van der Waals surface area (Å²) < 4.78 is 13.6. The minimum atomic E-state index is -1.03. The molecular formula is C19H19N5O3S. The van der Waals surface area contributed by atoms with Crippen molar-refractivity contribution >= 4 is 23.3 Å². The van der Waals surface area contributed by atoms with Crippen molar-refractivity contribution in [2.24, 2.45) is 5.92 Å². The van der Waals surface area contributed by atoms with Crippen LogP contribution in [0.5, 0.6) is 11.5 Å². The third-order valence-electron chi connectivity index (χ3n) is 4.08. The van der Waals surface area contributed by atoms with Gasteiger partial charge in [-0.3, -0.25) is 9.36 Å². The summed E-state index contributed by atoms with van der Waals surface area (Å²) in [6.07, 6.45) is 1.26. The van der Waals surface area contributed by atoms with Gasteiger partial charge in [0, 0.05) is 12.3 Å². The summed E-state index contributed by atoms with van der Waals surface area (Å²) in [4.78, 5) is 12.2. The lowest BCUT2D eigenvalue weighted by molar-refractivity contribution is -0.117. The molecular weight excluding hydrogens is 378 g/mol. The van der Waals surface area contributed by atoms with Gasteiger partial charge in [-0.1, -0.05) is 30.0 Å². The number of thioether (sulfide) groups is 1. The van der Waals surface area contributed by atoms with Crippen LogP contribution in [-0.4, -0.2) is 38.6 Å². The fourth-order valence-corrected chi connectivity index (χ4v) is 3.58. The second-order valence-corrected chi connectivity index (χ2v) is 7.05. The van der Waals surface area contributed by atoms with Crippen LogP contribution in [0.1, 0.15) is 18.9 Å². The van der Waals surface area contributed by atoms with E-state index in [9.17, 15) is 4.79 Å². The van der Waals surface area contributed by atoms with E-state index in [0.29, 0.717) is 35.6 Å². The number of carbonyl (C=O) groups excluding carboxylic acids is 1. The van der Waals surface area contributed by atoms with Crippen molar-refractivity contribution in [3.8, 4) is 17.6 Å². The molecule has 1 N–H and O–H groups in total. The van der Waals surface area contributed by atoms with Crippen molar-refractivity contribution in [1.29, 1.82) is 10.7 Å². The molecule has 0 bridgehead atoms. The number of rotatable bonds is 8. The number of hydrogen-bond donors (Lipinski definition) is 1. The molecule has 2 heterocycles. The molecule has 0 saturated heterocycles. The summed E-state index contributed by atoms with van der Waals surface area (Å²) in [5.41, 5.74) is 0.0350. The van der Waals surface area contributed by atoms with Gasteiger partial charge in [-0.15, -0.1) is 16.8 Å². The molecule has 8 nitrogen and oxygen atoms in total. The zero-order valence-corrected chi connectivity index (χ0v) is 16.1. The highest BCUT2D eigenvalue weighted by atomic mass is 32.2. The number of ketones is 1. The molecule has 2 atom stereocenters. The first-order valence-corrected chi connectivity index (χ1v) is 9.56. The molecule has 1 unspecified atom stereocenters. The zero-order chi connectivity index (χ0) is 20.1. The summed E-state index contributed by atoms with van der Waals surface area (Å²) >= 11 is 1.17. The van der Waals surface area contributed by atoms with E-state index in [-0.39, 0.29) is 17.2 Å². The van der Waals surface area contributed by atoms with Crippen molar-refractivity contribution in [2.45, 2.75) is 24.7 Å². The summed E-state index contributed by atoms with van der Waals surface area (Å²) in [5, 5.41) is 25.5. The number of benzene rings is 1. The van der Waals surface area contributed by atoms with Crippen molar-refractivity contribution in [3.05, 3.63) is 42.7 Å². The number of Topliss-reactive ketones (excluding diaryl/α,β-unsaturated/α-hetero) is 1. The second-order valence-electron chi connectivity index (χ2n) is 6.10.